The second-order valence-corrected chi connectivity index (χ2v) is 5.91. The number of furan rings is 1. The smallest absolute Gasteiger partial charge is 0.254 e. The van der Waals surface area contributed by atoms with Gasteiger partial charge in [-0.25, -0.2) is 0 Å². The van der Waals surface area contributed by atoms with Crippen molar-refractivity contribution in [3.63, 3.8) is 0 Å². The molecule has 0 saturated heterocycles. The van der Waals surface area contributed by atoms with Gasteiger partial charge in [-0.05, 0) is 50.1 Å². The molecule has 1 aromatic carbocycles. The molecule has 20 heavy (non-hydrogen) atoms. The van der Waals surface area contributed by atoms with Crippen molar-refractivity contribution in [1.29, 1.82) is 0 Å². The van der Waals surface area contributed by atoms with Gasteiger partial charge in [-0.15, -0.1) is 11.8 Å². The molecule has 1 aromatic heterocycles. The summed E-state index contributed by atoms with van der Waals surface area (Å²) < 4.78 is 5.12. The summed E-state index contributed by atoms with van der Waals surface area (Å²) in [6.07, 6.45) is 1.54. The van der Waals surface area contributed by atoms with Gasteiger partial charge >= 0.3 is 0 Å². The predicted octanol–water partition coefficient (Wildman–Crippen LogP) is 3.73. The maximum atomic E-state index is 11.9. The lowest BCUT2D eigenvalue weighted by Gasteiger charge is -2.06. The number of amides is 1. The van der Waals surface area contributed by atoms with E-state index in [-0.39, 0.29) is 5.91 Å². The van der Waals surface area contributed by atoms with E-state index in [1.54, 1.807) is 24.8 Å². The fourth-order valence-electron chi connectivity index (χ4n) is 1.85. The summed E-state index contributed by atoms with van der Waals surface area (Å²) >= 11 is 1.75. The number of rotatable bonds is 5. The highest BCUT2D eigenvalue weighted by Gasteiger charge is 2.10. The van der Waals surface area contributed by atoms with Crippen LogP contribution in [0.25, 0.3) is 0 Å². The third-order valence-electron chi connectivity index (χ3n) is 3.24. The zero-order valence-corrected chi connectivity index (χ0v) is 12.8. The van der Waals surface area contributed by atoms with E-state index in [0.717, 1.165) is 5.75 Å². The number of aryl methyl sites for hydroxylation is 3. The molecule has 0 bridgehead atoms. The van der Waals surface area contributed by atoms with Crippen molar-refractivity contribution in [2.45, 2.75) is 25.7 Å². The van der Waals surface area contributed by atoms with E-state index in [0.29, 0.717) is 17.9 Å². The normalized spacial score (nSPS) is 10.6. The molecule has 106 valence electrons. The minimum atomic E-state index is -0.0723. The van der Waals surface area contributed by atoms with Gasteiger partial charge in [-0.2, -0.15) is 0 Å². The van der Waals surface area contributed by atoms with E-state index in [4.69, 9.17) is 4.42 Å². The largest absolute Gasteiger partial charge is 0.469 e. The van der Waals surface area contributed by atoms with Gasteiger partial charge in [0.05, 0.1) is 11.8 Å². The van der Waals surface area contributed by atoms with E-state index in [2.05, 4.69) is 37.4 Å². The molecule has 1 N–H and O–H groups in total. The van der Waals surface area contributed by atoms with Crippen LogP contribution in [0.3, 0.4) is 0 Å². The van der Waals surface area contributed by atoms with Crippen molar-refractivity contribution in [2.24, 2.45) is 0 Å². The maximum absolute atomic E-state index is 11.9. The molecule has 3 nitrogen and oxygen atoms in total. The summed E-state index contributed by atoms with van der Waals surface area (Å²) in [4.78, 5) is 13.1. The summed E-state index contributed by atoms with van der Waals surface area (Å²) in [6.45, 7) is 6.65. The summed E-state index contributed by atoms with van der Waals surface area (Å²) in [5.41, 5.74) is 3.22. The Morgan fingerprint density at radius 3 is 2.65 bits per heavy atom. The minimum absolute atomic E-state index is 0.0723. The highest BCUT2D eigenvalue weighted by atomic mass is 32.2. The fourth-order valence-corrected chi connectivity index (χ4v) is 2.72. The quantitative estimate of drug-likeness (QED) is 0.673. The standard InChI is InChI=1S/C16H19NO2S/c1-11-4-5-14(10-12(11)2)20-9-7-17-16(18)15-6-8-19-13(15)3/h4-6,8,10H,7,9H2,1-3H3,(H,17,18). The average molecular weight is 289 g/mol. The zero-order valence-electron chi connectivity index (χ0n) is 12.0. The van der Waals surface area contributed by atoms with E-state index >= 15 is 0 Å². The molecule has 0 aliphatic rings. The Bertz CT molecular complexity index is 604. The van der Waals surface area contributed by atoms with E-state index in [9.17, 15) is 4.79 Å². The van der Waals surface area contributed by atoms with Gasteiger partial charge in [0.2, 0.25) is 0 Å². The Hall–Kier alpha value is -1.68. The van der Waals surface area contributed by atoms with Crippen molar-refractivity contribution >= 4 is 17.7 Å². The second kappa shape index (κ2) is 6.66. The van der Waals surface area contributed by atoms with Gasteiger partial charge in [-0.1, -0.05) is 6.07 Å². The topological polar surface area (TPSA) is 42.2 Å². The van der Waals surface area contributed by atoms with Crippen LogP contribution in [0, 0.1) is 20.8 Å². The Balaban J connectivity index is 1.78. The van der Waals surface area contributed by atoms with Crippen LogP contribution in [-0.4, -0.2) is 18.2 Å². The Morgan fingerprint density at radius 1 is 1.20 bits per heavy atom. The van der Waals surface area contributed by atoms with Crippen LogP contribution in [-0.2, 0) is 0 Å². The van der Waals surface area contributed by atoms with Crippen LogP contribution in [0.15, 0.2) is 39.8 Å². The highest BCUT2D eigenvalue weighted by molar-refractivity contribution is 7.99. The number of hydrogen-bond donors (Lipinski definition) is 1. The van der Waals surface area contributed by atoms with E-state index in [1.165, 1.54) is 22.3 Å². The average Bonchev–Trinajstić information content (AvgIpc) is 2.85. The molecule has 0 unspecified atom stereocenters. The molecule has 0 aliphatic heterocycles. The molecule has 1 heterocycles. The van der Waals surface area contributed by atoms with Crippen LogP contribution in [0.4, 0.5) is 0 Å². The number of nitrogens with one attached hydrogen (secondary N) is 1. The first-order valence-corrected chi connectivity index (χ1v) is 7.59. The van der Waals surface area contributed by atoms with E-state index in [1.807, 2.05) is 0 Å². The minimum Gasteiger partial charge on any atom is -0.469 e. The molecule has 2 rings (SSSR count). The summed E-state index contributed by atoms with van der Waals surface area (Å²) in [6, 6.07) is 8.13. The molecule has 2 aromatic rings. The number of benzene rings is 1. The number of carbonyl (C=O) groups is 1. The van der Waals surface area contributed by atoms with Gasteiger partial charge in [0.25, 0.3) is 5.91 Å². The number of hydrogen-bond acceptors (Lipinski definition) is 3. The summed E-state index contributed by atoms with van der Waals surface area (Å²) in [5.74, 6) is 1.44. The van der Waals surface area contributed by atoms with E-state index < -0.39 is 0 Å². The lowest BCUT2D eigenvalue weighted by molar-refractivity contribution is 0.0954. The van der Waals surface area contributed by atoms with Gasteiger partial charge in [0, 0.05) is 17.2 Å². The van der Waals surface area contributed by atoms with Gasteiger partial charge in [0.1, 0.15) is 5.76 Å². The van der Waals surface area contributed by atoms with Gasteiger partial charge < -0.3 is 9.73 Å². The van der Waals surface area contributed by atoms with Gasteiger partial charge in [0.15, 0.2) is 0 Å². The first kappa shape index (κ1) is 14.7. The number of carbonyl (C=O) groups excluding carboxylic acids is 1. The Kier molecular flexibility index (Phi) is 4.90. The fraction of sp³-hybridized carbons (Fsp3) is 0.312. The third kappa shape index (κ3) is 3.67. The SMILES string of the molecule is Cc1ccc(SCCNC(=O)c2ccoc2C)cc1C. The molecular weight excluding hydrogens is 270 g/mol. The molecule has 0 fully saturated rings. The van der Waals surface area contributed by atoms with Crippen LogP contribution < -0.4 is 5.32 Å². The molecule has 1 amide bonds. The predicted molar refractivity (Wildman–Crippen MR) is 82.4 cm³/mol. The van der Waals surface area contributed by atoms with Crippen molar-refractivity contribution in [3.05, 3.63) is 53.0 Å². The zero-order chi connectivity index (χ0) is 14.5. The van der Waals surface area contributed by atoms with Crippen LogP contribution in [0.2, 0.25) is 0 Å². The Morgan fingerprint density at radius 2 is 2.00 bits per heavy atom. The monoisotopic (exact) mass is 289 g/mol. The molecule has 0 aliphatic carbocycles. The van der Waals surface area contributed by atoms with Crippen molar-refractivity contribution in [3.8, 4) is 0 Å². The maximum Gasteiger partial charge on any atom is 0.254 e. The lowest BCUT2D eigenvalue weighted by Crippen LogP contribution is -2.25. The van der Waals surface area contributed by atoms with Crippen LogP contribution >= 0.6 is 11.8 Å². The first-order chi connectivity index (χ1) is 9.58. The highest BCUT2D eigenvalue weighted by Crippen LogP contribution is 2.20. The summed E-state index contributed by atoms with van der Waals surface area (Å²) in [7, 11) is 0. The summed E-state index contributed by atoms with van der Waals surface area (Å²) in [5, 5.41) is 2.90. The van der Waals surface area contributed by atoms with Crippen LogP contribution in [0.5, 0.6) is 0 Å². The second-order valence-electron chi connectivity index (χ2n) is 4.74. The van der Waals surface area contributed by atoms with Crippen molar-refractivity contribution in [1.82, 2.24) is 5.32 Å². The number of thioether (sulfide) groups is 1. The molecule has 0 radical (unpaired) electrons. The van der Waals surface area contributed by atoms with Crippen LogP contribution in [0.1, 0.15) is 27.2 Å². The molecule has 0 spiro atoms. The molecule has 0 atom stereocenters. The van der Waals surface area contributed by atoms with Crippen molar-refractivity contribution in [2.75, 3.05) is 12.3 Å². The van der Waals surface area contributed by atoms with Crippen molar-refractivity contribution < 1.29 is 9.21 Å². The third-order valence-corrected chi connectivity index (χ3v) is 4.23. The molecular formula is C16H19NO2S. The lowest BCUT2D eigenvalue weighted by atomic mass is 10.1. The molecule has 0 saturated carbocycles. The van der Waals surface area contributed by atoms with Gasteiger partial charge in [-0.3, -0.25) is 4.79 Å². The molecule has 4 heteroatoms. The first-order valence-electron chi connectivity index (χ1n) is 6.60. The Labute approximate surface area is 123 Å².